The van der Waals surface area contributed by atoms with Crippen LogP contribution < -0.4 is 0 Å². The smallest absolute Gasteiger partial charge is 0.121 e. The third-order valence-electron chi connectivity index (χ3n) is 2.34. The summed E-state index contributed by atoms with van der Waals surface area (Å²) < 4.78 is 5.20. The highest BCUT2D eigenvalue weighted by molar-refractivity contribution is 5.42. The average Bonchev–Trinajstić information content (AvgIpc) is 2.12. The Morgan fingerprint density at radius 3 is 2.08 bits per heavy atom. The molecule has 13 heavy (non-hydrogen) atoms. The number of phenols is 1. The molecule has 1 N–H and O–H groups in total. The van der Waals surface area contributed by atoms with Gasteiger partial charge in [-0.05, 0) is 49.6 Å². The van der Waals surface area contributed by atoms with E-state index in [4.69, 9.17) is 4.74 Å². The van der Waals surface area contributed by atoms with Crippen LogP contribution >= 0.6 is 0 Å². The Morgan fingerprint density at radius 2 is 1.69 bits per heavy atom. The van der Waals surface area contributed by atoms with E-state index in [1.807, 2.05) is 32.9 Å². The molecule has 0 aliphatic heterocycles. The molecule has 1 unspecified atom stereocenters. The zero-order chi connectivity index (χ0) is 10.0. The van der Waals surface area contributed by atoms with Crippen LogP contribution in [0.4, 0.5) is 0 Å². The number of aromatic hydroxyl groups is 1. The summed E-state index contributed by atoms with van der Waals surface area (Å²) in [5, 5.41) is 9.54. The number of benzene rings is 1. The van der Waals surface area contributed by atoms with Crippen LogP contribution in [0, 0.1) is 13.8 Å². The van der Waals surface area contributed by atoms with Crippen LogP contribution in [0.5, 0.6) is 5.75 Å². The lowest BCUT2D eigenvalue weighted by molar-refractivity contribution is 0.119. The van der Waals surface area contributed by atoms with E-state index in [9.17, 15) is 5.11 Å². The number of methoxy groups -OCH3 is 1. The SMILES string of the molecule is COC(C)c1cc(C)c(O)c(C)c1. The fourth-order valence-corrected chi connectivity index (χ4v) is 1.36. The van der Waals surface area contributed by atoms with E-state index in [-0.39, 0.29) is 6.10 Å². The van der Waals surface area contributed by atoms with E-state index in [1.165, 1.54) is 0 Å². The normalized spacial score (nSPS) is 12.9. The molecule has 0 saturated carbocycles. The van der Waals surface area contributed by atoms with E-state index in [2.05, 4.69) is 0 Å². The first-order chi connectivity index (χ1) is 6.06. The Kier molecular flexibility index (Phi) is 2.94. The molecule has 0 aliphatic carbocycles. The lowest BCUT2D eigenvalue weighted by atomic mass is 10.0. The minimum Gasteiger partial charge on any atom is -0.507 e. The molecule has 0 aromatic heterocycles. The minimum absolute atomic E-state index is 0.0815. The molecular formula is C11H16O2. The Bertz CT molecular complexity index is 282. The van der Waals surface area contributed by atoms with Gasteiger partial charge in [0.2, 0.25) is 0 Å². The molecule has 0 heterocycles. The number of ether oxygens (including phenoxy) is 1. The molecule has 0 fully saturated rings. The number of aryl methyl sites for hydroxylation is 2. The maximum Gasteiger partial charge on any atom is 0.121 e. The van der Waals surface area contributed by atoms with E-state index >= 15 is 0 Å². The van der Waals surface area contributed by atoms with Crippen molar-refractivity contribution >= 4 is 0 Å². The van der Waals surface area contributed by atoms with Crippen molar-refractivity contribution in [2.75, 3.05) is 7.11 Å². The molecule has 0 saturated heterocycles. The molecule has 0 bridgehead atoms. The monoisotopic (exact) mass is 180 g/mol. The molecular weight excluding hydrogens is 164 g/mol. The van der Waals surface area contributed by atoms with E-state index in [0.29, 0.717) is 5.75 Å². The average molecular weight is 180 g/mol. The molecule has 0 radical (unpaired) electrons. The number of hydrogen-bond donors (Lipinski definition) is 1. The van der Waals surface area contributed by atoms with Crippen LogP contribution in [-0.2, 0) is 4.74 Å². The second-order valence-electron chi connectivity index (χ2n) is 3.38. The van der Waals surface area contributed by atoms with Gasteiger partial charge in [-0.15, -0.1) is 0 Å². The van der Waals surface area contributed by atoms with Crippen molar-refractivity contribution in [1.82, 2.24) is 0 Å². The van der Waals surface area contributed by atoms with Crippen molar-refractivity contribution in [1.29, 1.82) is 0 Å². The lowest BCUT2D eigenvalue weighted by Crippen LogP contribution is -1.97. The summed E-state index contributed by atoms with van der Waals surface area (Å²) >= 11 is 0. The van der Waals surface area contributed by atoms with Gasteiger partial charge >= 0.3 is 0 Å². The maximum absolute atomic E-state index is 9.54. The molecule has 2 nitrogen and oxygen atoms in total. The van der Waals surface area contributed by atoms with Crippen LogP contribution in [0.1, 0.15) is 29.7 Å². The summed E-state index contributed by atoms with van der Waals surface area (Å²) in [5.41, 5.74) is 2.91. The zero-order valence-electron chi connectivity index (χ0n) is 8.59. The third-order valence-corrected chi connectivity index (χ3v) is 2.34. The fourth-order valence-electron chi connectivity index (χ4n) is 1.36. The Morgan fingerprint density at radius 1 is 1.23 bits per heavy atom. The number of rotatable bonds is 2. The molecule has 0 amide bonds. The van der Waals surface area contributed by atoms with Gasteiger partial charge in [-0.1, -0.05) is 0 Å². The highest BCUT2D eigenvalue weighted by Crippen LogP contribution is 2.26. The molecule has 1 rings (SSSR count). The van der Waals surface area contributed by atoms with Gasteiger partial charge < -0.3 is 9.84 Å². The van der Waals surface area contributed by atoms with Crippen molar-refractivity contribution in [2.24, 2.45) is 0 Å². The van der Waals surface area contributed by atoms with Gasteiger partial charge in [0.05, 0.1) is 6.10 Å². The van der Waals surface area contributed by atoms with Gasteiger partial charge in [0.15, 0.2) is 0 Å². The Balaban J connectivity index is 3.13. The summed E-state index contributed by atoms with van der Waals surface area (Å²) in [5.74, 6) is 0.382. The molecule has 0 spiro atoms. The van der Waals surface area contributed by atoms with E-state index in [0.717, 1.165) is 16.7 Å². The number of phenolic OH excluding ortho intramolecular Hbond substituents is 1. The van der Waals surface area contributed by atoms with Crippen LogP contribution in [0.3, 0.4) is 0 Å². The second kappa shape index (κ2) is 3.79. The number of hydrogen-bond acceptors (Lipinski definition) is 2. The van der Waals surface area contributed by atoms with Gasteiger partial charge in [0.25, 0.3) is 0 Å². The predicted octanol–water partition coefficient (Wildman–Crippen LogP) is 2.72. The van der Waals surface area contributed by atoms with Crippen molar-refractivity contribution in [3.05, 3.63) is 28.8 Å². The summed E-state index contributed by atoms with van der Waals surface area (Å²) in [6, 6.07) is 3.91. The Labute approximate surface area is 79.2 Å². The highest BCUT2D eigenvalue weighted by Gasteiger charge is 2.08. The molecule has 72 valence electrons. The largest absolute Gasteiger partial charge is 0.507 e. The molecule has 1 aromatic rings. The van der Waals surface area contributed by atoms with Gasteiger partial charge in [-0.25, -0.2) is 0 Å². The lowest BCUT2D eigenvalue weighted by Gasteiger charge is -2.12. The van der Waals surface area contributed by atoms with Crippen LogP contribution in [-0.4, -0.2) is 12.2 Å². The first-order valence-electron chi connectivity index (χ1n) is 4.39. The quantitative estimate of drug-likeness (QED) is 0.758. The highest BCUT2D eigenvalue weighted by atomic mass is 16.5. The summed E-state index contributed by atoms with van der Waals surface area (Å²) in [6.45, 7) is 5.79. The first-order valence-corrected chi connectivity index (χ1v) is 4.39. The minimum atomic E-state index is 0.0815. The summed E-state index contributed by atoms with van der Waals surface area (Å²) in [6.07, 6.45) is 0.0815. The van der Waals surface area contributed by atoms with Crippen molar-refractivity contribution < 1.29 is 9.84 Å². The molecule has 2 heteroatoms. The standard InChI is InChI=1S/C11H16O2/c1-7-5-10(9(3)13-4)6-8(2)11(7)12/h5-6,9,12H,1-4H3. The zero-order valence-corrected chi connectivity index (χ0v) is 8.59. The van der Waals surface area contributed by atoms with E-state index < -0.39 is 0 Å². The topological polar surface area (TPSA) is 29.5 Å². The van der Waals surface area contributed by atoms with Crippen LogP contribution in [0.2, 0.25) is 0 Å². The van der Waals surface area contributed by atoms with Crippen LogP contribution in [0.25, 0.3) is 0 Å². The maximum atomic E-state index is 9.54. The molecule has 0 aliphatic rings. The van der Waals surface area contributed by atoms with E-state index in [1.54, 1.807) is 7.11 Å². The predicted molar refractivity (Wildman–Crippen MR) is 53.0 cm³/mol. The summed E-state index contributed by atoms with van der Waals surface area (Å²) in [7, 11) is 1.68. The van der Waals surface area contributed by atoms with Crippen molar-refractivity contribution in [2.45, 2.75) is 26.9 Å². The second-order valence-corrected chi connectivity index (χ2v) is 3.38. The fraction of sp³-hybridized carbons (Fsp3) is 0.455. The summed E-state index contributed by atoms with van der Waals surface area (Å²) in [4.78, 5) is 0. The van der Waals surface area contributed by atoms with Crippen LogP contribution in [0.15, 0.2) is 12.1 Å². The molecule has 1 aromatic carbocycles. The van der Waals surface area contributed by atoms with Gasteiger partial charge in [-0.2, -0.15) is 0 Å². The van der Waals surface area contributed by atoms with Gasteiger partial charge in [-0.3, -0.25) is 0 Å². The third kappa shape index (κ3) is 2.01. The Hall–Kier alpha value is -1.02. The first kappa shape index (κ1) is 10.1. The van der Waals surface area contributed by atoms with Gasteiger partial charge in [0.1, 0.15) is 5.75 Å². The van der Waals surface area contributed by atoms with Crippen molar-refractivity contribution in [3.8, 4) is 5.75 Å². The van der Waals surface area contributed by atoms with Gasteiger partial charge in [0, 0.05) is 7.11 Å². The molecule has 1 atom stereocenters. The van der Waals surface area contributed by atoms with Crippen molar-refractivity contribution in [3.63, 3.8) is 0 Å².